The molecule has 0 saturated heterocycles. The highest BCUT2D eigenvalue weighted by molar-refractivity contribution is 5.86. The van der Waals surface area contributed by atoms with Gasteiger partial charge in [-0.3, -0.25) is 0 Å². The molecule has 0 aromatic heterocycles. The molecular weight excluding hydrogens is 428 g/mol. The zero-order valence-electron chi connectivity index (χ0n) is 20.3. The van der Waals surface area contributed by atoms with Crippen LogP contribution in [0.25, 0.3) is 11.1 Å². The maximum absolute atomic E-state index is 10.7. The number of hydrogen-bond donors (Lipinski definition) is 2. The van der Waals surface area contributed by atoms with Crippen molar-refractivity contribution >= 4 is 0 Å². The summed E-state index contributed by atoms with van der Waals surface area (Å²) < 4.78 is 0. The predicted molar refractivity (Wildman–Crippen MR) is 144 cm³/mol. The smallest absolute Gasteiger partial charge is 0.119 e. The Morgan fingerprint density at radius 3 is 1.43 bits per heavy atom. The fraction of sp³-hybridized carbons (Fsp3) is 0.152. The summed E-state index contributed by atoms with van der Waals surface area (Å²) in [6.07, 6.45) is 1.21. The van der Waals surface area contributed by atoms with Crippen LogP contribution >= 0.6 is 0 Å². The lowest BCUT2D eigenvalue weighted by molar-refractivity contribution is 0.468. The fourth-order valence-corrected chi connectivity index (χ4v) is 5.59. The van der Waals surface area contributed by atoms with Crippen molar-refractivity contribution in [3.63, 3.8) is 0 Å². The Labute approximate surface area is 207 Å². The van der Waals surface area contributed by atoms with Crippen molar-refractivity contribution in [3.05, 3.63) is 143 Å². The summed E-state index contributed by atoms with van der Waals surface area (Å²) in [5, 5.41) is 21.3. The average molecular weight is 459 g/mol. The Bertz CT molecular complexity index is 1360. The van der Waals surface area contributed by atoms with E-state index in [-0.39, 0.29) is 11.5 Å². The topological polar surface area (TPSA) is 40.5 Å². The first kappa shape index (κ1) is 22.7. The Balaban J connectivity index is 1.89. The third-order valence-electron chi connectivity index (χ3n) is 6.96. The maximum atomic E-state index is 10.7. The molecule has 4 aromatic rings. The minimum absolute atomic E-state index is 0.278. The molecule has 0 radical (unpaired) electrons. The number of benzene rings is 4. The van der Waals surface area contributed by atoms with Gasteiger partial charge in [0.2, 0.25) is 0 Å². The molecule has 0 spiro atoms. The third kappa shape index (κ3) is 3.66. The van der Waals surface area contributed by atoms with Gasteiger partial charge in [-0.1, -0.05) is 97.1 Å². The van der Waals surface area contributed by atoms with Gasteiger partial charge in [0.05, 0.1) is 5.41 Å². The van der Waals surface area contributed by atoms with E-state index in [4.69, 9.17) is 0 Å². The van der Waals surface area contributed by atoms with Crippen LogP contribution in [0.4, 0.5) is 0 Å². The van der Waals surface area contributed by atoms with E-state index in [2.05, 4.69) is 73.8 Å². The zero-order chi connectivity index (χ0) is 24.7. The standard InChI is InChI=1S/C33H30O2/c1-21(2)17-23-19-25(13-15-31(23)34)33(26-14-16-32(35)24(20-26)18-22(3)4)29-11-7-5-9-27(29)28-10-6-8-12-30(28)33/h5-16,19-20,34-35H,1,3,17-18H2,2,4H3. The van der Waals surface area contributed by atoms with Crippen molar-refractivity contribution < 1.29 is 10.2 Å². The molecule has 1 aliphatic rings. The van der Waals surface area contributed by atoms with Crippen LogP contribution in [0.1, 0.15) is 47.2 Å². The molecule has 0 saturated carbocycles. The summed E-state index contributed by atoms with van der Waals surface area (Å²) in [5.41, 5.74) is 10.1. The number of fused-ring (bicyclic) bond motifs is 3. The molecule has 2 N–H and O–H groups in total. The summed E-state index contributed by atoms with van der Waals surface area (Å²) in [5.74, 6) is 0.556. The molecule has 0 heterocycles. The SMILES string of the molecule is C=C(C)Cc1cc(C2(c3ccc(O)c(CC(=C)C)c3)c3ccccc3-c3ccccc32)ccc1O. The number of rotatable bonds is 6. The maximum Gasteiger partial charge on any atom is 0.119 e. The Morgan fingerprint density at radius 1 is 0.629 bits per heavy atom. The summed E-state index contributed by atoms with van der Waals surface area (Å²) in [6, 6.07) is 29.0. The normalized spacial score (nSPS) is 13.2. The average Bonchev–Trinajstić information content (AvgIpc) is 3.13. The minimum Gasteiger partial charge on any atom is -0.508 e. The van der Waals surface area contributed by atoms with Crippen LogP contribution in [0.2, 0.25) is 0 Å². The molecule has 0 aliphatic heterocycles. The molecule has 5 rings (SSSR count). The van der Waals surface area contributed by atoms with Crippen molar-refractivity contribution in [1.82, 2.24) is 0 Å². The van der Waals surface area contributed by atoms with E-state index >= 15 is 0 Å². The lowest BCUT2D eigenvalue weighted by Gasteiger charge is -2.34. The molecule has 2 nitrogen and oxygen atoms in total. The number of phenols is 2. The van der Waals surface area contributed by atoms with Crippen LogP contribution in [-0.4, -0.2) is 10.2 Å². The van der Waals surface area contributed by atoms with Gasteiger partial charge >= 0.3 is 0 Å². The summed E-state index contributed by atoms with van der Waals surface area (Å²) in [6.45, 7) is 12.1. The van der Waals surface area contributed by atoms with Crippen molar-refractivity contribution in [2.24, 2.45) is 0 Å². The predicted octanol–water partition coefficient (Wildman–Crippen LogP) is 7.70. The lowest BCUT2D eigenvalue weighted by Crippen LogP contribution is -2.29. The van der Waals surface area contributed by atoms with E-state index in [1.807, 2.05) is 26.0 Å². The quantitative estimate of drug-likeness (QED) is 0.256. The lowest BCUT2D eigenvalue weighted by atomic mass is 9.67. The third-order valence-corrected chi connectivity index (χ3v) is 6.96. The van der Waals surface area contributed by atoms with Gasteiger partial charge < -0.3 is 10.2 Å². The van der Waals surface area contributed by atoms with E-state index in [9.17, 15) is 10.2 Å². The summed E-state index contributed by atoms with van der Waals surface area (Å²) >= 11 is 0. The second-order valence-electron chi connectivity index (χ2n) is 9.80. The van der Waals surface area contributed by atoms with Crippen molar-refractivity contribution in [3.8, 4) is 22.6 Å². The van der Waals surface area contributed by atoms with Crippen LogP contribution in [-0.2, 0) is 18.3 Å². The van der Waals surface area contributed by atoms with E-state index in [0.29, 0.717) is 12.8 Å². The number of allylic oxidation sites excluding steroid dienone is 2. The van der Waals surface area contributed by atoms with E-state index < -0.39 is 5.41 Å². The molecule has 174 valence electrons. The Hall–Kier alpha value is -4.04. The van der Waals surface area contributed by atoms with E-state index in [0.717, 1.165) is 33.4 Å². The first-order chi connectivity index (χ1) is 16.8. The van der Waals surface area contributed by atoms with Gasteiger partial charge in [-0.05, 0) is 83.3 Å². The molecular formula is C33H30O2. The second kappa shape index (κ2) is 8.63. The van der Waals surface area contributed by atoms with Crippen LogP contribution in [0.3, 0.4) is 0 Å². The molecule has 0 fully saturated rings. The summed E-state index contributed by atoms with van der Waals surface area (Å²) in [4.78, 5) is 0. The number of aromatic hydroxyl groups is 2. The zero-order valence-corrected chi connectivity index (χ0v) is 20.3. The number of hydrogen-bond acceptors (Lipinski definition) is 2. The Kier molecular flexibility index (Phi) is 5.61. The van der Waals surface area contributed by atoms with Crippen molar-refractivity contribution in [2.75, 3.05) is 0 Å². The van der Waals surface area contributed by atoms with Crippen molar-refractivity contribution in [1.29, 1.82) is 0 Å². The van der Waals surface area contributed by atoms with Gasteiger partial charge in [-0.25, -0.2) is 0 Å². The highest BCUT2D eigenvalue weighted by atomic mass is 16.3. The number of phenolic OH excluding ortho intramolecular Hbond substituents is 2. The Morgan fingerprint density at radius 2 is 1.03 bits per heavy atom. The molecule has 0 unspecified atom stereocenters. The van der Waals surface area contributed by atoms with Crippen LogP contribution in [0.15, 0.2) is 109 Å². The first-order valence-corrected chi connectivity index (χ1v) is 11.9. The van der Waals surface area contributed by atoms with E-state index in [1.165, 1.54) is 22.3 Å². The van der Waals surface area contributed by atoms with Crippen LogP contribution < -0.4 is 0 Å². The van der Waals surface area contributed by atoms with Crippen LogP contribution in [0.5, 0.6) is 11.5 Å². The largest absolute Gasteiger partial charge is 0.508 e. The monoisotopic (exact) mass is 458 g/mol. The van der Waals surface area contributed by atoms with Crippen molar-refractivity contribution in [2.45, 2.75) is 32.1 Å². The van der Waals surface area contributed by atoms with E-state index in [1.54, 1.807) is 12.1 Å². The molecule has 0 amide bonds. The van der Waals surface area contributed by atoms with Gasteiger partial charge in [-0.2, -0.15) is 0 Å². The first-order valence-electron chi connectivity index (χ1n) is 11.9. The highest BCUT2D eigenvalue weighted by Crippen LogP contribution is 2.56. The summed E-state index contributed by atoms with van der Waals surface area (Å²) in [7, 11) is 0. The van der Waals surface area contributed by atoms with Gasteiger partial charge in [-0.15, -0.1) is 0 Å². The fourth-order valence-electron chi connectivity index (χ4n) is 5.59. The second-order valence-corrected chi connectivity index (χ2v) is 9.80. The highest BCUT2D eigenvalue weighted by Gasteiger charge is 2.46. The van der Waals surface area contributed by atoms with Gasteiger partial charge in [0.15, 0.2) is 0 Å². The van der Waals surface area contributed by atoms with Crippen LogP contribution in [0, 0.1) is 0 Å². The van der Waals surface area contributed by atoms with Gasteiger partial charge in [0.1, 0.15) is 11.5 Å². The molecule has 35 heavy (non-hydrogen) atoms. The minimum atomic E-state index is -0.595. The molecule has 0 bridgehead atoms. The van der Waals surface area contributed by atoms with Gasteiger partial charge in [0, 0.05) is 0 Å². The molecule has 2 heteroatoms. The molecule has 0 atom stereocenters. The molecule has 4 aromatic carbocycles. The molecule has 1 aliphatic carbocycles. The van der Waals surface area contributed by atoms with Gasteiger partial charge in [0.25, 0.3) is 0 Å².